The number of hydrogen-bond acceptors (Lipinski definition) is 3. The molecule has 2 aliphatic rings. The third-order valence-electron chi connectivity index (χ3n) is 5.00. The van der Waals surface area contributed by atoms with Crippen molar-refractivity contribution in [3.8, 4) is 0 Å². The zero-order chi connectivity index (χ0) is 16.4. The van der Waals surface area contributed by atoms with Crippen LogP contribution in [0.2, 0.25) is 0 Å². The second kappa shape index (κ2) is 6.71. The van der Waals surface area contributed by atoms with Gasteiger partial charge in [0.25, 0.3) is 0 Å². The minimum atomic E-state index is -0.892. The maximum Gasteiger partial charge on any atom is 0.308 e. The first-order valence-corrected chi connectivity index (χ1v) is 8.37. The quantitative estimate of drug-likeness (QED) is 0.926. The van der Waals surface area contributed by atoms with Gasteiger partial charge >= 0.3 is 5.97 Å². The molecule has 0 aliphatic carbocycles. The molecule has 1 aromatic rings. The molecule has 0 radical (unpaired) electrons. The predicted molar refractivity (Wildman–Crippen MR) is 88.2 cm³/mol. The molecule has 1 aromatic carbocycles. The number of aliphatic carboxylic acids is 1. The largest absolute Gasteiger partial charge is 0.481 e. The third kappa shape index (κ3) is 3.72. The van der Waals surface area contributed by atoms with Gasteiger partial charge in [-0.1, -0.05) is 19.1 Å². The molecule has 0 spiro atoms. The molecule has 2 saturated heterocycles. The first kappa shape index (κ1) is 16.0. The van der Waals surface area contributed by atoms with Crippen LogP contribution >= 0.6 is 0 Å². The normalized spacial score (nSPS) is 23.4. The molecule has 2 aliphatic heterocycles. The van der Waals surface area contributed by atoms with Gasteiger partial charge in [0.2, 0.25) is 5.91 Å². The van der Waals surface area contributed by atoms with E-state index in [2.05, 4.69) is 24.0 Å². The van der Waals surface area contributed by atoms with E-state index >= 15 is 0 Å². The predicted octanol–water partition coefficient (Wildman–Crippen LogP) is 2.36. The van der Waals surface area contributed by atoms with Gasteiger partial charge in [-0.3, -0.25) is 14.5 Å². The average Bonchev–Trinajstić information content (AvgIpc) is 2.93. The molecule has 3 rings (SSSR count). The van der Waals surface area contributed by atoms with E-state index in [0.717, 1.165) is 31.2 Å². The van der Waals surface area contributed by atoms with Crippen molar-refractivity contribution in [2.45, 2.75) is 32.7 Å². The van der Waals surface area contributed by atoms with Crippen LogP contribution in [0.15, 0.2) is 24.3 Å². The van der Waals surface area contributed by atoms with E-state index in [9.17, 15) is 9.59 Å². The third-order valence-corrected chi connectivity index (χ3v) is 5.00. The number of piperidine rings is 1. The van der Waals surface area contributed by atoms with Crippen LogP contribution in [0.5, 0.6) is 0 Å². The lowest BCUT2D eigenvalue weighted by atomic mass is 9.99. The highest BCUT2D eigenvalue weighted by Gasteiger charge is 2.34. The number of hydrogen-bond donors (Lipinski definition) is 1. The Morgan fingerprint density at radius 2 is 1.87 bits per heavy atom. The van der Waals surface area contributed by atoms with Crippen molar-refractivity contribution in [2.24, 2.45) is 11.8 Å². The van der Waals surface area contributed by atoms with Crippen molar-refractivity contribution >= 4 is 17.6 Å². The summed E-state index contributed by atoms with van der Waals surface area (Å²) in [6.07, 6.45) is 2.62. The summed E-state index contributed by atoms with van der Waals surface area (Å²) in [5, 5.41) is 9.06. The Hall–Kier alpha value is -1.88. The summed E-state index contributed by atoms with van der Waals surface area (Å²) in [6, 6.07) is 7.97. The second-order valence-corrected chi connectivity index (χ2v) is 6.87. The number of benzene rings is 1. The van der Waals surface area contributed by atoms with Gasteiger partial charge in [-0.25, -0.2) is 0 Å². The fraction of sp³-hybridized carbons (Fsp3) is 0.556. The van der Waals surface area contributed by atoms with E-state index in [1.807, 2.05) is 12.1 Å². The molecular weight excluding hydrogens is 292 g/mol. The Balaban J connectivity index is 1.61. The molecule has 1 N–H and O–H groups in total. The minimum Gasteiger partial charge on any atom is -0.481 e. The minimum absolute atomic E-state index is 0.100. The number of nitrogens with zero attached hydrogens (tertiary/aromatic N) is 2. The lowest BCUT2D eigenvalue weighted by molar-refractivity contribution is -0.141. The molecule has 5 heteroatoms. The maximum absolute atomic E-state index is 12.0. The molecular formula is C18H24N2O3. The lowest BCUT2D eigenvalue weighted by Crippen LogP contribution is -2.32. The van der Waals surface area contributed by atoms with Crippen LogP contribution in [0.4, 0.5) is 5.69 Å². The number of amides is 1. The van der Waals surface area contributed by atoms with E-state index in [1.165, 1.54) is 18.4 Å². The smallest absolute Gasteiger partial charge is 0.308 e. The number of rotatable bonds is 4. The summed E-state index contributed by atoms with van der Waals surface area (Å²) in [6.45, 7) is 5.82. The van der Waals surface area contributed by atoms with Crippen molar-refractivity contribution in [3.63, 3.8) is 0 Å². The van der Waals surface area contributed by atoms with Crippen LogP contribution in [0.3, 0.4) is 0 Å². The van der Waals surface area contributed by atoms with Crippen LogP contribution < -0.4 is 4.90 Å². The number of carboxylic acid groups (broad SMARTS) is 1. The van der Waals surface area contributed by atoms with Crippen LogP contribution in [-0.2, 0) is 16.1 Å². The first-order valence-electron chi connectivity index (χ1n) is 8.37. The first-order chi connectivity index (χ1) is 11.0. The van der Waals surface area contributed by atoms with Crippen molar-refractivity contribution in [1.82, 2.24) is 4.90 Å². The molecule has 2 heterocycles. The average molecular weight is 316 g/mol. The standard InChI is InChI=1S/C18H24N2O3/c1-13-6-8-19(9-7-13)11-14-2-4-16(5-3-14)20-12-15(18(22)23)10-17(20)21/h2-5,13,15H,6-12H2,1H3,(H,22,23). The summed E-state index contributed by atoms with van der Waals surface area (Å²) in [4.78, 5) is 27.1. The molecule has 124 valence electrons. The van der Waals surface area contributed by atoms with Gasteiger partial charge in [-0.2, -0.15) is 0 Å². The SMILES string of the molecule is CC1CCN(Cc2ccc(N3CC(C(=O)O)CC3=O)cc2)CC1. The van der Waals surface area contributed by atoms with Crippen molar-refractivity contribution < 1.29 is 14.7 Å². The van der Waals surface area contributed by atoms with Crippen molar-refractivity contribution in [2.75, 3.05) is 24.5 Å². The van der Waals surface area contributed by atoms with Crippen molar-refractivity contribution in [3.05, 3.63) is 29.8 Å². The summed E-state index contributed by atoms with van der Waals surface area (Å²) in [5.74, 6) is -0.749. The molecule has 2 fully saturated rings. The Morgan fingerprint density at radius 1 is 1.22 bits per heavy atom. The molecule has 23 heavy (non-hydrogen) atoms. The van der Waals surface area contributed by atoms with Gasteiger partial charge in [0.05, 0.1) is 5.92 Å². The second-order valence-electron chi connectivity index (χ2n) is 6.87. The van der Waals surface area contributed by atoms with Crippen molar-refractivity contribution in [1.29, 1.82) is 0 Å². The number of anilines is 1. The topological polar surface area (TPSA) is 60.9 Å². The Kier molecular flexibility index (Phi) is 4.66. The van der Waals surface area contributed by atoms with Crippen LogP contribution in [0.1, 0.15) is 31.7 Å². The molecule has 0 aromatic heterocycles. The van der Waals surface area contributed by atoms with Gasteiger partial charge in [0.1, 0.15) is 0 Å². The summed E-state index contributed by atoms with van der Waals surface area (Å²) in [7, 11) is 0. The van der Waals surface area contributed by atoms with Gasteiger partial charge in [0.15, 0.2) is 0 Å². The van der Waals surface area contributed by atoms with E-state index in [0.29, 0.717) is 0 Å². The van der Waals surface area contributed by atoms with Gasteiger partial charge in [-0.05, 0) is 49.5 Å². The number of carbonyl (C=O) groups is 2. The maximum atomic E-state index is 12.0. The van der Waals surface area contributed by atoms with E-state index in [1.54, 1.807) is 4.90 Å². The van der Waals surface area contributed by atoms with E-state index < -0.39 is 11.9 Å². The Labute approximate surface area is 136 Å². The summed E-state index contributed by atoms with van der Waals surface area (Å²) in [5.41, 5.74) is 2.04. The van der Waals surface area contributed by atoms with Crippen LogP contribution in [-0.4, -0.2) is 41.5 Å². The van der Waals surface area contributed by atoms with Gasteiger partial charge in [0, 0.05) is 25.2 Å². The number of carboxylic acids is 1. The Bertz CT molecular complexity index is 576. The van der Waals surface area contributed by atoms with E-state index in [-0.39, 0.29) is 18.9 Å². The fourth-order valence-corrected chi connectivity index (χ4v) is 3.38. The monoisotopic (exact) mass is 316 g/mol. The van der Waals surface area contributed by atoms with Gasteiger partial charge < -0.3 is 10.0 Å². The highest BCUT2D eigenvalue weighted by atomic mass is 16.4. The van der Waals surface area contributed by atoms with E-state index in [4.69, 9.17) is 5.11 Å². The van der Waals surface area contributed by atoms with Gasteiger partial charge in [-0.15, -0.1) is 0 Å². The zero-order valence-electron chi connectivity index (χ0n) is 13.6. The van der Waals surface area contributed by atoms with Crippen LogP contribution in [0.25, 0.3) is 0 Å². The number of likely N-dealkylation sites (tertiary alicyclic amines) is 1. The highest BCUT2D eigenvalue weighted by Crippen LogP contribution is 2.26. The molecule has 0 saturated carbocycles. The molecule has 1 unspecified atom stereocenters. The summed E-state index contributed by atoms with van der Waals surface area (Å²) >= 11 is 0. The highest BCUT2D eigenvalue weighted by molar-refractivity contribution is 5.99. The molecule has 5 nitrogen and oxygen atoms in total. The summed E-state index contributed by atoms with van der Waals surface area (Å²) < 4.78 is 0. The fourth-order valence-electron chi connectivity index (χ4n) is 3.38. The van der Waals surface area contributed by atoms with Crippen LogP contribution in [0, 0.1) is 11.8 Å². The molecule has 0 bridgehead atoms. The lowest BCUT2D eigenvalue weighted by Gasteiger charge is -2.30. The molecule has 1 amide bonds. The molecule has 1 atom stereocenters. The zero-order valence-corrected chi connectivity index (χ0v) is 13.6. The Morgan fingerprint density at radius 3 is 2.43 bits per heavy atom. The number of carbonyl (C=O) groups excluding carboxylic acids is 1.